The maximum absolute atomic E-state index is 12.8. The van der Waals surface area contributed by atoms with E-state index in [9.17, 15) is 4.79 Å². The molecule has 1 N–H and O–H groups in total. The van der Waals surface area contributed by atoms with Gasteiger partial charge in [0.05, 0.1) is 18.9 Å². The molecule has 0 bridgehead atoms. The standard InChI is InChI=1S/C24H31N3O3/c1-22(2)18-11-10-17-19(23(18,3)12-13-24(22)29-14-15-30-24)26-27(4)20(17)25-21(28)16-8-6-5-7-9-16/h5-9,18H,10-15H2,1-4H3,(H,25,28)/t18-,23-/m0/s1. The van der Waals surface area contributed by atoms with Gasteiger partial charge < -0.3 is 14.8 Å². The van der Waals surface area contributed by atoms with Crippen LogP contribution in [0.2, 0.25) is 0 Å². The Morgan fingerprint density at radius 2 is 1.83 bits per heavy atom. The van der Waals surface area contributed by atoms with Crippen LogP contribution in [0, 0.1) is 11.3 Å². The SMILES string of the molecule is Cn1nc2c(c1NC(=O)c1ccccc1)CC[C@H]1C(C)(C)C3(CC[C@]21C)OCCO3. The van der Waals surface area contributed by atoms with E-state index in [1.165, 1.54) is 5.56 Å². The van der Waals surface area contributed by atoms with Gasteiger partial charge in [0.15, 0.2) is 5.79 Å². The number of carbonyl (C=O) groups excluding carboxylic acids is 1. The van der Waals surface area contributed by atoms with E-state index in [-0.39, 0.29) is 16.7 Å². The van der Waals surface area contributed by atoms with Crippen molar-refractivity contribution in [1.29, 1.82) is 0 Å². The normalized spacial score (nSPS) is 28.7. The molecule has 2 atom stereocenters. The van der Waals surface area contributed by atoms with Crippen molar-refractivity contribution in [3.8, 4) is 0 Å². The van der Waals surface area contributed by atoms with Gasteiger partial charge in [-0.15, -0.1) is 0 Å². The van der Waals surface area contributed by atoms with E-state index in [0.717, 1.165) is 37.2 Å². The zero-order chi connectivity index (χ0) is 21.1. The lowest BCUT2D eigenvalue weighted by atomic mass is 9.49. The number of anilines is 1. The van der Waals surface area contributed by atoms with Crippen LogP contribution in [0.1, 0.15) is 61.6 Å². The van der Waals surface area contributed by atoms with Gasteiger partial charge in [0.1, 0.15) is 5.82 Å². The maximum atomic E-state index is 12.8. The van der Waals surface area contributed by atoms with E-state index in [4.69, 9.17) is 14.6 Å². The highest BCUT2D eigenvalue weighted by Crippen LogP contribution is 2.62. The predicted molar refractivity (Wildman–Crippen MR) is 114 cm³/mol. The molecule has 3 aliphatic rings. The molecule has 2 fully saturated rings. The number of aromatic nitrogens is 2. The fourth-order valence-electron chi connectivity index (χ4n) is 6.39. The molecule has 2 heterocycles. The average molecular weight is 410 g/mol. The number of hydrogen-bond acceptors (Lipinski definition) is 4. The molecule has 0 unspecified atom stereocenters. The Hall–Kier alpha value is -2.18. The largest absolute Gasteiger partial charge is 0.347 e. The molecule has 0 radical (unpaired) electrons. The molecule has 6 heteroatoms. The van der Waals surface area contributed by atoms with Gasteiger partial charge in [0.25, 0.3) is 5.91 Å². The second-order valence-corrected chi connectivity index (χ2v) is 9.80. The highest BCUT2D eigenvalue weighted by molar-refractivity contribution is 6.04. The summed E-state index contributed by atoms with van der Waals surface area (Å²) in [5.41, 5.74) is 2.79. The van der Waals surface area contributed by atoms with Crippen molar-refractivity contribution in [3.05, 3.63) is 47.2 Å². The molecule has 1 saturated carbocycles. The molecule has 30 heavy (non-hydrogen) atoms. The zero-order valence-corrected chi connectivity index (χ0v) is 18.3. The molecule has 6 nitrogen and oxygen atoms in total. The Labute approximate surface area is 177 Å². The van der Waals surface area contributed by atoms with Crippen LogP contribution in [0.5, 0.6) is 0 Å². The molecule has 2 aliphatic carbocycles. The predicted octanol–water partition coefficient (Wildman–Crippen LogP) is 4.06. The molecule has 1 saturated heterocycles. The summed E-state index contributed by atoms with van der Waals surface area (Å²) in [6, 6.07) is 9.35. The van der Waals surface area contributed by atoms with Crippen molar-refractivity contribution in [2.75, 3.05) is 18.5 Å². The van der Waals surface area contributed by atoms with Crippen LogP contribution in [-0.2, 0) is 28.4 Å². The summed E-state index contributed by atoms with van der Waals surface area (Å²) >= 11 is 0. The van der Waals surface area contributed by atoms with Gasteiger partial charge in [0, 0.05) is 35.4 Å². The summed E-state index contributed by atoms with van der Waals surface area (Å²) in [7, 11) is 1.93. The summed E-state index contributed by atoms with van der Waals surface area (Å²) in [6.07, 6.45) is 3.77. The highest BCUT2D eigenvalue weighted by atomic mass is 16.7. The summed E-state index contributed by atoms with van der Waals surface area (Å²) < 4.78 is 14.3. The molecule has 160 valence electrons. The van der Waals surface area contributed by atoms with E-state index in [1.807, 2.05) is 42.1 Å². The number of benzene rings is 1. The molecule has 1 aromatic heterocycles. The second kappa shape index (κ2) is 6.66. The first kappa shape index (κ1) is 19.8. The number of amides is 1. The van der Waals surface area contributed by atoms with E-state index in [2.05, 4.69) is 26.1 Å². The molecule has 1 aromatic carbocycles. The van der Waals surface area contributed by atoms with Gasteiger partial charge >= 0.3 is 0 Å². The molecule has 5 rings (SSSR count). The molecular formula is C24H31N3O3. The van der Waals surface area contributed by atoms with Crippen LogP contribution in [0.4, 0.5) is 5.82 Å². The number of fused-ring (bicyclic) bond motifs is 3. The van der Waals surface area contributed by atoms with Crippen LogP contribution in [0.3, 0.4) is 0 Å². The molecular weight excluding hydrogens is 378 g/mol. The van der Waals surface area contributed by atoms with E-state index < -0.39 is 5.79 Å². The Morgan fingerprint density at radius 3 is 2.53 bits per heavy atom. The van der Waals surface area contributed by atoms with Crippen molar-refractivity contribution in [2.24, 2.45) is 18.4 Å². The number of nitrogens with zero attached hydrogens (tertiary/aromatic N) is 2. The van der Waals surface area contributed by atoms with Gasteiger partial charge in [-0.3, -0.25) is 9.48 Å². The first-order valence-electron chi connectivity index (χ1n) is 11.0. The molecule has 1 spiro atoms. The third kappa shape index (κ3) is 2.63. The fraction of sp³-hybridized carbons (Fsp3) is 0.583. The minimum atomic E-state index is -0.478. The third-order valence-corrected chi connectivity index (χ3v) is 7.99. The molecule has 2 aromatic rings. The van der Waals surface area contributed by atoms with E-state index in [1.54, 1.807) is 0 Å². The van der Waals surface area contributed by atoms with Crippen molar-refractivity contribution in [3.63, 3.8) is 0 Å². The Balaban J connectivity index is 1.50. The number of rotatable bonds is 2. The smallest absolute Gasteiger partial charge is 0.256 e. The monoisotopic (exact) mass is 409 g/mol. The van der Waals surface area contributed by atoms with Gasteiger partial charge in [-0.2, -0.15) is 5.10 Å². The quantitative estimate of drug-likeness (QED) is 0.813. The molecule has 1 aliphatic heterocycles. The number of hydrogen-bond donors (Lipinski definition) is 1. The van der Waals surface area contributed by atoms with Gasteiger partial charge in [-0.05, 0) is 37.3 Å². The van der Waals surface area contributed by atoms with Gasteiger partial charge in [-0.25, -0.2) is 0 Å². The van der Waals surface area contributed by atoms with Crippen LogP contribution in [0.15, 0.2) is 30.3 Å². The second-order valence-electron chi connectivity index (χ2n) is 9.80. The number of carbonyl (C=O) groups is 1. The Bertz CT molecular complexity index is 975. The van der Waals surface area contributed by atoms with E-state index in [0.29, 0.717) is 24.7 Å². The van der Waals surface area contributed by atoms with Crippen molar-refractivity contribution < 1.29 is 14.3 Å². The van der Waals surface area contributed by atoms with Crippen molar-refractivity contribution >= 4 is 11.7 Å². The Kier molecular flexibility index (Phi) is 4.39. The Morgan fingerprint density at radius 1 is 1.13 bits per heavy atom. The summed E-state index contributed by atoms with van der Waals surface area (Å²) in [5.74, 6) is 0.652. The highest BCUT2D eigenvalue weighted by Gasteiger charge is 2.64. The third-order valence-electron chi connectivity index (χ3n) is 7.99. The minimum Gasteiger partial charge on any atom is -0.347 e. The number of ether oxygens (including phenoxy) is 2. The fourth-order valence-corrected chi connectivity index (χ4v) is 6.39. The van der Waals surface area contributed by atoms with Crippen LogP contribution >= 0.6 is 0 Å². The van der Waals surface area contributed by atoms with Gasteiger partial charge in [0.2, 0.25) is 0 Å². The van der Waals surface area contributed by atoms with Crippen LogP contribution in [0.25, 0.3) is 0 Å². The maximum Gasteiger partial charge on any atom is 0.256 e. The lowest BCUT2D eigenvalue weighted by molar-refractivity contribution is -0.276. The van der Waals surface area contributed by atoms with Crippen molar-refractivity contribution in [2.45, 2.75) is 57.7 Å². The number of nitrogens with one attached hydrogen (secondary N) is 1. The zero-order valence-electron chi connectivity index (χ0n) is 18.3. The lowest BCUT2D eigenvalue weighted by Crippen LogP contribution is -2.61. The topological polar surface area (TPSA) is 65.4 Å². The van der Waals surface area contributed by atoms with E-state index >= 15 is 0 Å². The number of aryl methyl sites for hydroxylation is 1. The van der Waals surface area contributed by atoms with Crippen LogP contribution in [-0.4, -0.2) is 34.7 Å². The first-order chi connectivity index (χ1) is 14.3. The van der Waals surface area contributed by atoms with Crippen LogP contribution < -0.4 is 5.32 Å². The van der Waals surface area contributed by atoms with Gasteiger partial charge in [-0.1, -0.05) is 39.0 Å². The lowest BCUT2D eigenvalue weighted by Gasteiger charge is -2.59. The first-order valence-corrected chi connectivity index (χ1v) is 11.0. The van der Waals surface area contributed by atoms with Crippen molar-refractivity contribution in [1.82, 2.24) is 9.78 Å². The summed E-state index contributed by atoms with van der Waals surface area (Å²) in [4.78, 5) is 12.8. The average Bonchev–Trinajstić information content (AvgIpc) is 3.33. The summed E-state index contributed by atoms with van der Waals surface area (Å²) in [6.45, 7) is 8.29. The minimum absolute atomic E-state index is 0.0644. The summed E-state index contributed by atoms with van der Waals surface area (Å²) in [5, 5.41) is 8.08. The molecule has 1 amide bonds.